The first kappa shape index (κ1) is 14.9. The number of benzene rings is 1. The van der Waals surface area contributed by atoms with Crippen LogP contribution in [0.15, 0.2) is 18.2 Å². The van der Waals surface area contributed by atoms with Gasteiger partial charge in [-0.1, -0.05) is 12.8 Å². The molecule has 5 nitrogen and oxygen atoms in total. The van der Waals surface area contributed by atoms with Crippen LogP contribution in [0.3, 0.4) is 0 Å². The van der Waals surface area contributed by atoms with Gasteiger partial charge >= 0.3 is 6.03 Å². The first-order valence-corrected chi connectivity index (χ1v) is 8.12. The van der Waals surface area contributed by atoms with Gasteiger partial charge in [-0.25, -0.2) is 4.79 Å². The Bertz CT molecular complexity index is 602. The van der Waals surface area contributed by atoms with Crippen LogP contribution in [0, 0.1) is 0 Å². The predicted molar refractivity (Wildman–Crippen MR) is 87.2 cm³/mol. The molecule has 1 spiro atoms. The third-order valence-corrected chi connectivity index (χ3v) is 4.98. The number of nitrogens with zero attached hydrogens (tertiary/aromatic N) is 1. The summed E-state index contributed by atoms with van der Waals surface area (Å²) in [4.78, 5) is 26.3. The van der Waals surface area contributed by atoms with E-state index in [1.54, 1.807) is 4.90 Å². The van der Waals surface area contributed by atoms with Crippen LogP contribution in [0.1, 0.15) is 45.1 Å². The lowest BCUT2D eigenvalue weighted by molar-refractivity contribution is -0.120. The number of rotatable bonds is 3. The van der Waals surface area contributed by atoms with Gasteiger partial charge in [0.15, 0.2) is 0 Å². The quantitative estimate of drug-likeness (QED) is 0.899. The van der Waals surface area contributed by atoms with Crippen molar-refractivity contribution in [2.75, 3.05) is 23.7 Å². The van der Waals surface area contributed by atoms with Crippen LogP contribution in [0.2, 0.25) is 0 Å². The number of anilines is 2. The van der Waals surface area contributed by atoms with Crippen molar-refractivity contribution in [3.8, 4) is 0 Å². The first-order valence-electron chi connectivity index (χ1n) is 8.12. The van der Waals surface area contributed by atoms with Crippen molar-refractivity contribution in [1.29, 1.82) is 0 Å². The van der Waals surface area contributed by atoms with Gasteiger partial charge in [0.25, 0.3) is 0 Å². The van der Waals surface area contributed by atoms with Crippen LogP contribution in [-0.4, -0.2) is 29.9 Å². The number of amides is 3. The van der Waals surface area contributed by atoms with Crippen molar-refractivity contribution >= 4 is 23.3 Å². The predicted octanol–water partition coefficient (Wildman–Crippen LogP) is 3.32. The standard InChI is InChI=1S/C17H23N3O2/c1-3-20(4-2)16(22)18-12-7-8-14-13(11-12)17(15(21)19-14)9-5-6-10-17/h7-8,11H,3-6,9-10H2,1-2H3,(H,18,22)(H,19,21). The Labute approximate surface area is 131 Å². The largest absolute Gasteiger partial charge is 0.325 e. The topological polar surface area (TPSA) is 61.4 Å². The van der Waals surface area contributed by atoms with Gasteiger partial charge in [-0.3, -0.25) is 4.79 Å². The van der Waals surface area contributed by atoms with E-state index in [1.807, 2.05) is 32.0 Å². The normalized spacial score (nSPS) is 18.2. The molecular formula is C17H23N3O2. The number of fused-ring (bicyclic) bond motifs is 2. The van der Waals surface area contributed by atoms with Crippen molar-refractivity contribution in [2.24, 2.45) is 0 Å². The number of carbonyl (C=O) groups is 2. The fraction of sp³-hybridized carbons (Fsp3) is 0.529. The summed E-state index contributed by atoms with van der Waals surface area (Å²) in [5, 5.41) is 5.94. The molecule has 1 aliphatic heterocycles. The molecule has 1 fully saturated rings. The molecule has 2 aliphatic rings. The molecular weight excluding hydrogens is 278 g/mol. The molecule has 0 aromatic heterocycles. The van der Waals surface area contributed by atoms with Crippen molar-refractivity contribution in [3.05, 3.63) is 23.8 Å². The lowest BCUT2D eigenvalue weighted by Gasteiger charge is -2.22. The summed E-state index contributed by atoms with van der Waals surface area (Å²) >= 11 is 0. The fourth-order valence-electron chi connectivity index (χ4n) is 3.68. The molecule has 0 radical (unpaired) electrons. The van der Waals surface area contributed by atoms with Crippen LogP contribution >= 0.6 is 0 Å². The Kier molecular flexibility index (Phi) is 3.81. The van der Waals surface area contributed by atoms with Crippen molar-refractivity contribution in [2.45, 2.75) is 44.9 Å². The highest BCUT2D eigenvalue weighted by Gasteiger charge is 2.48. The number of urea groups is 1. The second-order valence-corrected chi connectivity index (χ2v) is 6.11. The smallest absolute Gasteiger partial charge is 0.321 e. The van der Waals surface area contributed by atoms with Gasteiger partial charge in [0, 0.05) is 24.5 Å². The van der Waals surface area contributed by atoms with Crippen molar-refractivity contribution in [3.63, 3.8) is 0 Å². The van der Waals surface area contributed by atoms with Crippen LogP contribution in [0.4, 0.5) is 16.2 Å². The zero-order valence-electron chi connectivity index (χ0n) is 13.2. The van der Waals surface area contributed by atoms with Crippen molar-refractivity contribution in [1.82, 2.24) is 4.90 Å². The molecule has 3 rings (SSSR count). The van der Waals surface area contributed by atoms with E-state index in [0.717, 1.165) is 42.6 Å². The fourth-order valence-corrected chi connectivity index (χ4v) is 3.68. The minimum Gasteiger partial charge on any atom is -0.325 e. The monoisotopic (exact) mass is 301 g/mol. The molecule has 0 unspecified atom stereocenters. The van der Waals surface area contributed by atoms with Gasteiger partial charge in [-0.15, -0.1) is 0 Å². The third kappa shape index (κ3) is 2.25. The summed E-state index contributed by atoms with van der Waals surface area (Å²) in [5.74, 6) is 0.118. The van der Waals surface area contributed by atoms with E-state index < -0.39 is 0 Å². The molecule has 0 atom stereocenters. The van der Waals surface area contributed by atoms with Gasteiger partial charge < -0.3 is 15.5 Å². The maximum atomic E-state index is 12.4. The summed E-state index contributed by atoms with van der Waals surface area (Å²) in [6.45, 7) is 5.28. The van der Waals surface area contributed by atoms with Crippen LogP contribution in [-0.2, 0) is 10.2 Å². The van der Waals surface area contributed by atoms with E-state index in [9.17, 15) is 9.59 Å². The summed E-state index contributed by atoms with van der Waals surface area (Å²) in [6, 6.07) is 5.63. The van der Waals surface area contributed by atoms with Gasteiger partial charge in [0.1, 0.15) is 0 Å². The highest BCUT2D eigenvalue weighted by molar-refractivity contribution is 6.07. The lowest BCUT2D eigenvalue weighted by atomic mass is 9.80. The number of carbonyl (C=O) groups excluding carboxylic acids is 2. The van der Waals surface area contributed by atoms with Crippen LogP contribution in [0.5, 0.6) is 0 Å². The van der Waals surface area contributed by atoms with Gasteiger partial charge in [-0.05, 0) is 50.5 Å². The van der Waals surface area contributed by atoms with Crippen LogP contribution in [0.25, 0.3) is 0 Å². The molecule has 1 saturated carbocycles. The average Bonchev–Trinajstić information content (AvgIpc) is 3.09. The van der Waals surface area contributed by atoms with Crippen molar-refractivity contribution < 1.29 is 9.59 Å². The second-order valence-electron chi connectivity index (χ2n) is 6.11. The second kappa shape index (κ2) is 5.63. The molecule has 118 valence electrons. The SMILES string of the molecule is CCN(CC)C(=O)Nc1ccc2c(c1)C1(CCCC1)C(=O)N2. The Morgan fingerprint density at radius 3 is 2.59 bits per heavy atom. The molecule has 1 aromatic carbocycles. The molecule has 0 saturated heterocycles. The van der Waals surface area contributed by atoms with Crippen LogP contribution < -0.4 is 10.6 Å². The Hall–Kier alpha value is -2.04. The minimum atomic E-state index is -0.370. The summed E-state index contributed by atoms with van der Waals surface area (Å²) < 4.78 is 0. The number of nitrogens with one attached hydrogen (secondary N) is 2. The zero-order valence-corrected chi connectivity index (χ0v) is 13.2. The maximum absolute atomic E-state index is 12.4. The number of hydrogen-bond acceptors (Lipinski definition) is 2. The Morgan fingerprint density at radius 1 is 1.27 bits per heavy atom. The highest BCUT2D eigenvalue weighted by Crippen LogP contribution is 2.49. The highest BCUT2D eigenvalue weighted by atomic mass is 16.2. The maximum Gasteiger partial charge on any atom is 0.321 e. The Morgan fingerprint density at radius 2 is 1.95 bits per heavy atom. The van der Waals surface area contributed by atoms with E-state index in [-0.39, 0.29) is 17.4 Å². The van der Waals surface area contributed by atoms with Gasteiger partial charge in [0.05, 0.1) is 5.41 Å². The summed E-state index contributed by atoms with van der Waals surface area (Å²) in [7, 11) is 0. The number of hydrogen-bond donors (Lipinski definition) is 2. The minimum absolute atomic E-state index is 0.0947. The van der Waals surface area contributed by atoms with E-state index >= 15 is 0 Å². The zero-order chi connectivity index (χ0) is 15.7. The third-order valence-electron chi connectivity index (χ3n) is 4.98. The molecule has 5 heteroatoms. The lowest BCUT2D eigenvalue weighted by Crippen LogP contribution is -2.34. The molecule has 1 aliphatic carbocycles. The van der Waals surface area contributed by atoms with Gasteiger partial charge in [-0.2, -0.15) is 0 Å². The molecule has 1 heterocycles. The van der Waals surface area contributed by atoms with E-state index in [2.05, 4.69) is 10.6 Å². The average molecular weight is 301 g/mol. The first-order chi connectivity index (χ1) is 10.6. The van der Waals surface area contributed by atoms with E-state index in [1.165, 1.54) is 0 Å². The molecule has 0 bridgehead atoms. The Balaban J connectivity index is 1.87. The molecule has 2 N–H and O–H groups in total. The molecule has 22 heavy (non-hydrogen) atoms. The van der Waals surface area contributed by atoms with Gasteiger partial charge in [0.2, 0.25) is 5.91 Å². The molecule has 1 aromatic rings. The summed E-state index contributed by atoms with van der Waals surface area (Å²) in [6.07, 6.45) is 3.98. The van der Waals surface area contributed by atoms with E-state index in [0.29, 0.717) is 13.1 Å². The summed E-state index contributed by atoms with van der Waals surface area (Å²) in [5.41, 5.74) is 2.34. The molecule has 3 amide bonds. The van der Waals surface area contributed by atoms with E-state index in [4.69, 9.17) is 0 Å².